The van der Waals surface area contributed by atoms with Gasteiger partial charge in [0, 0.05) is 18.2 Å². The van der Waals surface area contributed by atoms with Gasteiger partial charge in [-0.3, -0.25) is 9.59 Å². The molecule has 0 spiro atoms. The van der Waals surface area contributed by atoms with Gasteiger partial charge in [-0.05, 0) is 23.3 Å². The van der Waals surface area contributed by atoms with Crippen LogP contribution in [0.1, 0.15) is 22.9 Å². The van der Waals surface area contributed by atoms with Gasteiger partial charge in [0.2, 0.25) is 0 Å². The Morgan fingerprint density at radius 3 is 2.41 bits per heavy atom. The first kappa shape index (κ1) is 26.4. The summed E-state index contributed by atoms with van der Waals surface area (Å²) in [5.74, 6) is -3.38. The Morgan fingerprint density at radius 1 is 1.11 bits per heavy atom. The number of benzene rings is 2. The summed E-state index contributed by atoms with van der Waals surface area (Å²) in [6.07, 6.45) is -3.61. The molecule has 0 aliphatic carbocycles. The number of rotatable bonds is 7. The Bertz CT molecular complexity index is 1340. The van der Waals surface area contributed by atoms with E-state index < -0.39 is 24.1 Å². The second-order valence-corrected chi connectivity index (χ2v) is 9.90. The molecule has 0 bridgehead atoms. The summed E-state index contributed by atoms with van der Waals surface area (Å²) in [7, 11) is 0. The summed E-state index contributed by atoms with van der Waals surface area (Å²) >= 11 is 5.79. The van der Waals surface area contributed by atoms with E-state index in [1.54, 1.807) is 23.1 Å². The molecule has 0 unspecified atom stereocenters. The number of hydrogen-bond donors (Lipinski definition) is 3. The molecule has 12 heteroatoms. The molecule has 2 atom stereocenters. The molecule has 4 rings (SSSR count). The lowest BCUT2D eigenvalue weighted by Crippen LogP contribution is -2.41. The normalized spacial score (nSPS) is 17.7. The van der Waals surface area contributed by atoms with Crippen molar-refractivity contribution in [1.82, 2.24) is 10.2 Å². The van der Waals surface area contributed by atoms with Crippen LogP contribution >= 0.6 is 24.4 Å². The molecule has 37 heavy (non-hydrogen) atoms. The smallest absolute Gasteiger partial charge is 0.471 e. The first-order valence-corrected chi connectivity index (χ1v) is 12.1. The molecule has 1 fully saturated rings. The lowest BCUT2D eigenvalue weighted by Gasteiger charge is -2.19. The highest BCUT2D eigenvalue weighted by Gasteiger charge is 2.41. The Hall–Kier alpha value is -3.64. The number of nitrogens with one attached hydrogen (secondary N) is 1. The van der Waals surface area contributed by atoms with Crippen molar-refractivity contribution < 1.29 is 37.1 Å². The first-order valence-electron chi connectivity index (χ1n) is 10.7. The van der Waals surface area contributed by atoms with Crippen molar-refractivity contribution in [3.05, 3.63) is 88.5 Å². The van der Waals surface area contributed by atoms with Crippen LogP contribution in [0.2, 0.25) is 0 Å². The number of carboxylic acid groups (broad SMARTS) is 1. The molecule has 2 aromatic carbocycles. The van der Waals surface area contributed by atoms with Gasteiger partial charge in [-0.2, -0.15) is 13.2 Å². The van der Waals surface area contributed by atoms with Gasteiger partial charge in [0.25, 0.3) is 5.91 Å². The number of alkyl halides is 3. The van der Waals surface area contributed by atoms with Crippen molar-refractivity contribution in [2.75, 3.05) is 0 Å². The number of halogens is 3. The summed E-state index contributed by atoms with van der Waals surface area (Å²) < 4.78 is 43.1. The van der Waals surface area contributed by atoms with E-state index in [4.69, 9.17) is 4.42 Å². The highest BCUT2D eigenvalue weighted by atomic mass is 32.2. The second-order valence-electron chi connectivity index (χ2n) is 7.94. The van der Waals surface area contributed by atoms with Crippen LogP contribution in [0.15, 0.2) is 76.1 Å². The summed E-state index contributed by atoms with van der Waals surface area (Å²) in [6, 6.07) is 16.4. The third-order valence-electron chi connectivity index (χ3n) is 5.37. The van der Waals surface area contributed by atoms with Crippen molar-refractivity contribution in [2.45, 2.75) is 23.5 Å². The number of furan rings is 1. The molecule has 2 heterocycles. The lowest BCUT2D eigenvalue weighted by atomic mass is 10.0. The molecule has 2 amide bonds. The maximum absolute atomic E-state index is 12.9. The van der Waals surface area contributed by atoms with Crippen LogP contribution in [0.4, 0.5) is 13.2 Å². The Labute approximate surface area is 218 Å². The van der Waals surface area contributed by atoms with Crippen LogP contribution in [-0.4, -0.2) is 38.7 Å². The highest BCUT2D eigenvalue weighted by molar-refractivity contribution is 8.14. The molecule has 192 valence electrons. The minimum atomic E-state index is -5.21. The standard InChI is InChI=1S/C25H19F3N2O5S2/c26-25(27,28)23(34)29-20(22(32)33)16-8-6-15(7-9-16)18-11-10-17(35-18)12-19-21(31)30(24(36)37-19)13-14-4-2-1-3-5-14/h1-12,20,24,36H,13H2,(H,29,34)(H,32,33)/b19-12-/t20-,24-/m1/s1. The van der Waals surface area contributed by atoms with E-state index in [0.717, 1.165) is 5.56 Å². The van der Waals surface area contributed by atoms with Crippen molar-refractivity contribution >= 4 is 48.3 Å². The Kier molecular flexibility index (Phi) is 7.69. The van der Waals surface area contributed by atoms with Gasteiger partial charge in [0.1, 0.15) is 16.2 Å². The fourth-order valence-corrected chi connectivity index (χ4v) is 5.00. The zero-order chi connectivity index (χ0) is 26.7. The molecule has 1 saturated heterocycles. The predicted molar refractivity (Wildman–Crippen MR) is 134 cm³/mol. The number of carbonyl (C=O) groups is 3. The highest BCUT2D eigenvalue weighted by Crippen LogP contribution is 2.39. The summed E-state index contributed by atoms with van der Waals surface area (Å²) in [4.78, 5) is 37.6. The van der Waals surface area contributed by atoms with E-state index in [2.05, 4.69) is 12.6 Å². The fraction of sp³-hybridized carbons (Fsp3) is 0.160. The van der Waals surface area contributed by atoms with E-state index in [9.17, 15) is 32.7 Å². The largest absolute Gasteiger partial charge is 0.479 e. The average molecular weight is 549 g/mol. The van der Waals surface area contributed by atoms with Gasteiger partial charge in [-0.25, -0.2) is 4.79 Å². The molecule has 2 N–H and O–H groups in total. The third kappa shape index (κ3) is 6.20. The van der Waals surface area contributed by atoms with Gasteiger partial charge in [-0.1, -0.05) is 66.4 Å². The topological polar surface area (TPSA) is 99.9 Å². The maximum Gasteiger partial charge on any atom is 0.471 e. The number of nitrogens with zero attached hydrogens (tertiary/aromatic N) is 1. The summed E-state index contributed by atoms with van der Waals surface area (Å²) in [6.45, 7) is 0.411. The van der Waals surface area contributed by atoms with E-state index in [0.29, 0.717) is 28.5 Å². The van der Waals surface area contributed by atoms with Crippen molar-refractivity contribution in [3.63, 3.8) is 0 Å². The molecule has 7 nitrogen and oxygen atoms in total. The van der Waals surface area contributed by atoms with Crippen LogP contribution in [0.3, 0.4) is 0 Å². The minimum Gasteiger partial charge on any atom is -0.479 e. The summed E-state index contributed by atoms with van der Waals surface area (Å²) in [5, 5.41) is 10.7. The van der Waals surface area contributed by atoms with Crippen LogP contribution < -0.4 is 5.32 Å². The molecule has 1 aliphatic rings. The van der Waals surface area contributed by atoms with Gasteiger partial charge in [-0.15, -0.1) is 12.6 Å². The number of amides is 2. The van der Waals surface area contributed by atoms with Crippen molar-refractivity contribution in [1.29, 1.82) is 0 Å². The van der Waals surface area contributed by atoms with E-state index in [1.165, 1.54) is 41.3 Å². The fourth-order valence-electron chi connectivity index (χ4n) is 3.55. The number of thiol groups is 1. The SMILES string of the molecule is O=C(O)[C@H](NC(=O)C(F)(F)F)c1ccc(-c2ccc(/C=C3\S[C@@H](S)N(Cc4ccccc4)C3=O)o2)cc1. The molecule has 1 aliphatic heterocycles. The predicted octanol–water partition coefficient (Wildman–Crippen LogP) is 5.08. The quantitative estimate of drug-likeness (QED) is 0.281. The molecule has 0 saturated carbocycles. The van der Waals surface area contributed by atoms with E-state index in [1.807, 2.05) is 30.3 Å². The number of aliphatic carboxylic acids is 1. The van der Waals surface area contributed by atoms with Crippen LogP contribution in [0.5, 0.6) is 0 Å². The van der Waals surface area contributed by atoms with Gasteiger partial charge in [0.05, 0.1) is 4.91 Å². The lowest BCUT2D eigenvalue weighted by molar-refractivity contribution is -0.175. The number of hydrogen-bond acceptors (Lipinski definition) is 6. The number of carbonyl (C=O) groups excluding carboxylic acids is 2. The molecule has 0 radical (unpaired) electrons. The minimum absolute atomic E-state index is 0.0472. The van der Waals surface area contributed by atoms with Crippen molar-refractivity contribution in [2.24, 2.45) is 0 Å². The summed E-state index contributed by atoms with van der Waals surface area (Å²) in [5.41, 5.74) is 1.44. The average Bonchev–Trinajstić information content (AvgIpc) is 3.42. The van der Waals surface area contributed by atoms with Gasteiger partial charge < -0.3 is 19.7 Å². The first-order chi connectivity index (χ1) is 17.5. The van der Waals surface area contributed by atoms with Crippen LogP contribution in [-0.2, 0) is 20.9 Å². The molecule has 3 aromatic rings. The number of carboxylic acids is 1. The van der Waals surface area contributed by atoms with Gasteiger partial charge >= 0.3 is 18.1 Å². The molecular weight excluding hydrogens is 529 g/mol. The number of thioether (sulfide) groups is 1. The van der Waals surface area contributed by atoms with Crippen LogP contribution in [0.25, 0.3) is 17.4 Å². The Balaban J connectivity index is 1.47. The van der Waals surface area contributed by atoms with Crippen LogP contribution in [0, 0.1) is 0 Å². The van der Waals surface area contributed by atoms with Gasteiger partial charge in [0.15, 0.2) is 6.04 Å². The van der Waals surface area contributed by atoms with E-state index in [-0.39, 0.29) is 16.2 Å². The monoisotopic (exact) mass is 548 g/mol. The maximum atomic E-state index is 12.9. The third-order valence-corrected chi connectivity index (χ3v) is 6.98. The second kappa shape index (κ2) is 10.8. The molecule has 1 aromatic heterocycles. The Morgan fingerprint density at radius 2 is 1.78 bits per heavy atom. The van der Waals surface area contributed by atoms with E-state index >= 15 is 0 Å². The molecular formula is C25H19F3N2O5S2. The zero-order valence-corrected chi connectivity index (χ0v) is 20.5. The zero-order valence-electron chi connectivity index (χ0n) is 18.8. The van der Waals surface area contributed by atoms with Crippen molar-refractivity contribution in [3.8, 4) is 11.3 Å².